The lowest BCUT2D eigenvalue weighted by Crippen LogP contribution is -2.48. The molecular weight excluding hydrogens is 349 g/mol. The van der Waals surface area contributed by atoms with Gasteiger partial charge in [-0.1, -0.05) is 12.8 Å². The van der Waals surface area contributed by atoms with E-state index in [2.05, 4.69) is 15.6 Å². The van der Waals surface area contributed by atoms with Crippen LogP contribution in [0, 0.1) is 5.92 Å². The Balaban J connectivity index is 1.58. The molecule has 0 radical (unpaired) electrons. The lowest BCUT2D eigenvalue weighted by Gasteiger charge is -2.30. The van der Waals surface area contributed by atoms with Crippen LogP contribution in [0.3, 0.4) is 0 Å². The SMILES string of the molecule is Cn1ccnc1C(O)(CCNC(=O)C1CC2CCCCC2N1)C(F)(F)F. The van der Waals surface area contributed by atoms with Crippen molar-refractivity contribution in [2.75, 3.05) is 6.54 Å². The van der Waals surface area contributed by atoms with E-state index in [1.165, 1.54) is 25.9 Å². The molecular formula is C17H25F3N4O2. The molecule has 26 heavy (non-hydrogen) atoms. The van der Waals surface area contributed by atoms with Crippen molar-refractivity contribution in [3.8, 4) is 0 Å². The van der Waals surface area contributed by atoms with E-state index in [0.717, 1.165) is 30.3 Å². The van der Waals surface area contributed by atoms with Gasteiger partial charge in [-0.15, -0.1) is 0 Å². The van der Waals surface area contributed by atoms with Crippen LogP contribution in [0.15, 0.2) is 12.4 Å². The fraction of sp³-hybridized carbons (Fsp3) is 0.765. The Hall–Kier alpha value is -1.61. The molecule has 9 heteroatoms. The van der Waals surface area contributed by atoms with E-state index >= 15 is 0 Å². The van der Waals surface area contributed by atoms with Crippen LogP contribution in [0.5, 0.6) is 0 Å². The summed E-state index contributed by atoms with van der Waals surface area (Å²) in [4.78, 5) is 16.0. The minimum absolute atomic E-state index is 0.283. The van der Waals surface area contributed by atoms with Gasteiger partial charge in [0.1, 0.15) is 5.82 Å². The number of aryl methyl sites for hydroxylation is 1. The lowest BCUT2D eigenvalue weighted by atomic mass is 9.85. The van der Waals surface area contributed by atoms with E-state index in [9.17, 15) is 23.1 Å². The van der Waals surface area contributed by atoms with Gasteiger partial charge in [0, 0.05) is 38.4 Å². The maximum absolute atomic E-state index is 13.4. The van der Waals surface area contributed by atoms with Crippen molar-refractivity contribution < 1.29 is 23.1 Å². The summed E-state index contributed by atoms with van der Waals surface area (Å²) in [5.41, 5.74) is -3.10. The maximum Gasteiger partial charge on any atom is 0.424 e. The fourth-order valence-electron chi connectivity index (χ4n) is 4.16. The van der Waals surface area contributed by atoms with E-state index in [-0.39, 0.29) is 18.5 Å². The van der Waals surface area contributed by atoms with E-state index in [4.69, 9.17) is 0 Å². The van der Waals surface area contributed by atoms with E-state index in [1.807, 2.05) is 0 Å². The zero-order chi connectivity index (χ0) is 18.9. The van der Waals surface area contributed by atoms with Gasteiger partial charge in [-0.25, -0.2) is 4.98 Å². The van der Waals surface area contributed by atoms with Crippen molar-refractivity contribution in [1.29, 1.82) is 0 Å². The first kappa shape index (κ1) is 19.2. The summed E-state index contributed by atoms with van der Waals surface area (Å²) in [7, 11) is 1.39. The van der Waals surface area contributed by atoms with Crippen LogP contribution < -0.4 is 10.6 Å². The summed E-state index contributed by atoms with van der Waals surface area (Å²) in [5, 5.41) is 16.1. The largest absolute Gasteiger partial charge is 0.424 e. The summed E-state index contributed by atoms with van der Waals surface area (Å²) in [6, 6.07) is -0.0329. The number of rotatable bonds is 5. The highest BCUT2D eigenvalue weighted by Gasteiger charge is 2.57. The zero-order valence-electron chi connectivity index (χ0n) is 14.7. The molecule has 146 valence electrons. The number of carbonyl (C=O) groups excluding carboxylic acids is 1. The van der Waals surface area contributed by atoms with Gasteiger partial charge < -0.3 is 20.3 Å². The molecule has 6 nitrogen and oxygen atoms in total. The lowest BCUT2D eigenvalue weighted by molar-refractivity contribution is -0.272. The molecule has 1 saturated heterocycles. The van der Waals surface area contributed by atoms with Gasteiger partial charge in [0.05, 0.1) is 6.04 Å². The van der Waals surface area contributed by atoms with Crippen molar-refractivity contribution in [3.05, 3.63) is 18.2 Å². The Morgan fingerprint density at radius 1 is 1.42 bits per heavy atom. The first-order chi connectivity index (χ1) is 12.2. The normalized spacial score (nSPS) is 28.4. The number of hydrogen-bond donors (Lipinski definition) is 3. The van der Waals surface area contributed by atoms with Gasteiger partial charge >= 0.3 is 6.18 Å². The minimum atomic E-state index is -4.89. The average Bonchev–Trinajstić information content (AvgIpc) is 3.19. The summed E-state index contributed by atoms with van der Waals surface area (Å²) in [6.07, 6.45) is 2.13. The highest BCUT2D eigenvalue weighted by atomic mass is 19.4. The quantitative estimate of drug-likeness (QED) is 0.732. The van der Waals surface area contributed by atoms with E-state index in [1.54, 1.807) is 0 Å². The smallest absolute Gasteiger partial charge is 0.374 e. The molecule has 1 aliphatic carbocycles. The summed E-state index contributed by atoms with van der Waals surface area (Å²) in [6.45, 7) is -0.283. The van der Waals surface area contributed by atoms with Crippen LogP contribution in [0.1, 0.15) is 44.3 Å². The number of nitrogens with one attached hydrogen (secondary N) is 2. The number of imidazole rings is 1. The summed E-state index contributed by atoms with van der Waals surface area (Å²) >= 11 is 0. The van der Waals surface area contributed by atoms with Gasteiger partial charge in [0.15, 0.2) is 0 Å². The van der Waals surface area contributed by atoms with Crippen LogP contribution in [0.25, 0.3) is 0 Å². The molecule has 3 N–H and O–H groups in total. The van der Waals surface area contributed by atoms with Crippen LogP contribution in [0.2, 0.25) is 0 Å². The second-order valence-corrected chi connectivity index (χ2v) is 7.37. The average molecular weight is 374 g/mol. The van der Waals surface area contributed by atoms with E-state index in [0.29, 0.717) is 12.0 Å². The Morgan fingerprint density at radius 3 is 2.77 bits per heavy atom. The topological polar surface area (TPSA) is 79.2 Å². The molecule has 1 aromatic rings. The van der Waals surface area contributed by atoms with Gasteiger partial charge in [-0.2, -0.15) is 13.2 Å². The third-order valence-electron chi connectivity index (χ3n) is 5.63. The first-order valence-electron chi connectivity index (χ1n) is 9.03. The van der Waals surface area contributed by atoms with Crippen molar-refractivity contribution >= 4 is 5.91 Å². The molecule has 1 aliphatic heterocycles. The molecule has 2 fully saturated rings. The molecule has 1 amide bonds. The van der Waals surface area contributed by atoms with Crippen LogP contribution >= 0.6 is 0 Å². The predicted octanol–water partition coefficient (Wildman–Crippen LogP) is 1.60. The number of nitrogens with zero attached hydrogens (tertiary/aromatic N) is 2. The highest BCUT2D eigenvalue weighted by molar-refractivity contribution is 5.82. The van der Waals surface area contributed by atoms with Crippen LogP contribution in [-0.2, 0) is 17.4 Å². The Bertz CT molecular complexity index is 634. The summed E-state index contributed by atoms with van der Waals surface area (Å²) in [5.74, 6) is -0.313. The number of amides is 1. The van der Waals surface area contributed by atoms with Crippen LogP contribution in [0.4, 0.5) is 13.2 Å². The molecule has 0 aromatic carbocycles. The molecule has 1 saturated carbocycles. The molecule has 4 atom stereocenters. The predicted molar refractivity (Wildman–Crippen MR) is 88.1 cm³/mol. The van der Waals surface area contributed by atoms with Gasteiger partial charge in [0.2, 0.25) is 11.5 Å². The second-order valence-electron chi connectivity index (χ2n) is 7.37. The summed E-state index contributed by atoms with van der Waals surface area (Å²) < 4.78 is 41.5. The number of alkyl halides is 3. The van der Waals surface area contributed by atoms with Gasteiger partial charge in [-0.3, -0.25) is 4.79 Å². The molecule has 0 spiro atoms. The molecule has 4 unspecified atom stereocenters. The standard InChI is InChI=1S/C17H25F3N4O2/c1-24-9-8-22-15(24)16(26,17(18,19)20)6-7-21-14(25)13-10-11-4-2-3-5-12(11)23-13/h8-9,11-13,23,26H,2-7,10H2,1H3,(H,21,25). The maximum atomic E-state index is 13.4. The highest BCUT2D eigenvalue weighted by Crippen LogP contribution is 2.40. The monoisotopic (exact) mass is 374 g/mol. The van der Waals surface area contributed by atoms with Crippen molar-refractivity contribution in [1.82, 2.24) is 20.2 Å². The first-order valence-corrected chi connectivity index (χ1v) is 9.03. The number of aromatic nitrogens is 2. The van der Waals surface area contributed by atoms with Crippen molar-refractivity contribution in [3.63, 3.8) is 0 Å². The molecule has 3 rings (SSSR count). The number of hydrogen-bond acceptors (Lipinski definition) is 4. The van der Waals surface area contributed by atoms with Crippen LogP contribution in [-0.4, -0.2) is 45.4 Å². The molecule has 1 aromatic heterocycles. The minimum Gasteiger partial charge on any atom is -0.374 e. The Morgan fingerprint density at radius 2 is 2.15 bits per heavy atom. The third kappa shape index (κ3) is 3.59. The van der Waals surface area contributed by atoms with Gasteiger partial charge in [-0.05, 0) is 25.2 Å². The second kappa shape index (κ2) is 7.19. The third-order valence-corrected chi connectivity index (χ3v) is 5.63. The number of halogens is 3. The Labute approximate surface area is 150 Å². The molecule has 2 heterocycles. The van der Waals surface area contributed by atoms with Crippen molar-refractivity contribution in [2.24, 2.45) is 13.0 Å². The van der Waals surface area contributed by atoms with Gasteiger partial charge in [0.25, 0.3) is 0 Å². The number of aliphatic hydroxyl groups is 1. The molecule has 2 aliphatic rings. The Kier molecular flexibility index (Phi) is 5.30. The molecule has 0 bridgehead atoms. The number of carbonyl (C=O) groups is 1. The van der Waals surface area contributed by atoms with E-state index < -0.39 is 24.0 Å². The van der Waals surface area contributed by atoms with Crippen molar-refractivity contribution in [2.45, 2.75) is 62.4 Å². The zero-order valence-corrected chi connectivity index (χ0v) is 14.7. The fourth-order valence-corrected chi connectivity index (χ4v) is 4.16. The number of fused-ring (bicyclic) bond motifs is 1.